The van der Waals surface area contributed by atoms with Gasteiger partial charge in [0.1, 0.15) is 5.75 Å². The van der Waals surface area contributed by atoms with E-state index in [9.17, 15) is 4.79 Å². The summed E-state index contributed by atoms with van der Waals surface area (Å²) >= 11 is 0. The molecule has 1 atom stereocenters. The van der Waals surface area contributed by atoms with E-state index in [1.807, 2.05) is 12.1 Å². The molecule has 0 aliphatic carbocycles. The van der Waals surface area contributed by atoms with Gasteiger partial charge in [-0.05, 0) is 43.6 Å². The maximum absolute atomic E-state index is 12.4. The summed E-state index contributed by atoms with van der Waals surface area (Å²) in [5.41, 5.74) is 1.17. The number of hydrogen-bond acceptors (Lipinski definition) is 4. The Balaban J connectivity index is 2.06. The highest BCUT2D eigenvalue weighted by Gasteiger charge is 2.24. The van der Waals surface area contributed by atoms with Crippen molar-refractivity contribution >= 4 is 5.91 Å². The summed E-state index contributed by atoms with van der Waals surface area (Å²) in [5.74, 6) is 1.08. The van der Waals surface area contributed by atoms with E-state index in [0.717, 1.165) is 31.7 Å². The van der Waals surface area contributed by atoms with Gasteiger partial charge in [-0.1, -0.05) is 26.0 Å². The number of carbonyl (C=O) groups excluding carboxylic acids is 1. The summed E-state index contributed by atoms with van der Waals surface area (Å²) in [7, 11) is 1.68. The molecule has 1 heterocycles. The van der Waals surface area contributed by atoms with Crippen molar-refractivity contribution in [2.24, 2.45) is 5.92 Å². The third kappa shape index (κ3) is 4.95. The van der Waals surface area contributed by atoms with Gasteiger partial charge < -0.3 is 14.8 Å². The molecule has 1 aliphatic rings. The fourth-order valence-corrected chi connectivity index (χ4v) is 3.27. The van der Waals surface area contributed by atoms with Crippen LogP contribution in [0.25, 0.3) is 0 Å². The standard InChI is InChI=1S/C19H30N2O3/c1-4-21(5-2)18(16-7-6-8-17(13-16)23-3)14-20-19(22)15-9-11-24-12-10-15/h6-8,13,15,18H,4-5,9-12,14H2,1-3H3,(H,20,22). The molecule has 24 heavy (non-hydrogen) atoms. The zero-order valence-corrected chi connectivity index (χ0v) is 15.1. The fraction of sp³-hybridized carbons (Fsp3) is 0.632. The van der Waals surface area contributed by atoms with Crippen LogP contribution in [0.4, 0.5) is 0 Å². The molecule has 2 rings (SSSR count). The van der Waals surface area contributed by atoms with Crippen LogP contribution < -0.4 is 10.1 Å². The van der Waals surface area contributed by atoms with Crippen LogP contribution in [-0.2, 0) is 9.53 Å². The minimum atomic E-state index is 0.0846. The highest BCUT2D eigenvalue weighted by Crippen LogP contribution is 2.24. The molecule has 1 fully saturated rings. The maximum Gasteiger partial charge on any atom is 0.223 e. The molecule has 0 bridgehead atoms. The van der Waals surface area contributed by atoms with Crippen molar-refractivity contribution in [2.45, 2.75) is 32.7 Å². The Morgan fingerprint density at radius 2 is 2.04 bits per heavy atom. The van der Waals surface area contributed by atoms with Crippen molar-refractivity contribution < 1.29 is 14.3 Å². The van der Waals surface area contributed by atoms with E-state index in [1.54, 1.807) is 7.11 Å². The predicted octanol–water partition coefficient (Wildman–Crippen LogP) is 2.62. The van der Waals surface area contributed by atoms with Crippen LogP contribution in [0.5, 0.6) is 5.75 Å². The summed E-state index contributed by atoms with van der Waals surface area (Å²) in [5, 5.41) is 3.16. The van der Waals surface area contributed by atoms with Crippen molar-refractivity contribution in [3.8, 4) is 5.75 Å². The number of nitrogens with zero attached hydrogens (tertiary/aromatic N) is 1. The lowest BCUT2D eigenvalue weighted by Crippen LogP contribution is -2.41. The van der Waals surface area contributed by atoms with Crippen LogP contribution in [0.3, 0.4) is 0 Å². The highest BCUT2D eigenvalue weighted by atomic mass is 16.5. The lowest BCUT2D eigenvalue weighted by Gasteiger charge is -2.31. The molecule has 0 aromatic heterocycles. The summed E-state index contributed by atoms with van der Waals surface area (Å²) in [6.45, 7) is 8.16. The van der Waals surface area contributed by atoms with Gasteiger partial charge in [-0.3, -0.25) is 9.69 Å². The van der Waals surface area contributed by atoms with Gasteiger partial charge in [0, 0.05) is 25.7 Å². The molecule has 1 unspecified atom stereocenters. The summed E-state index contributed by atoms with van der Waals surface area (Å²) in [6.07, 6.45) is 1.64. The molecule has 1 N–H and O–H groups in total. The van der Waals surface area contributed by atoms with Gasteiger partial charge in [0.15, 0.2) is 0 Å². The number of carbonyl (C=O) groups is 1. The van der Waals surface area contributed by atoms with Gasteiger partial charge >= 0.3 is 0 Å². The quantitative estimate of drug-likeness (QED) is 0.794. The molecular weight excluding hydrogens is 304 g/mol. The van der Waals surface area contributed by atoms with Crippen molar-refractivity contribution in [1.29, 1.82) is 0 Å². The van der Waals surface area contributed by atoms with E-state index < -0.39 is 0 Å². The number of nitrogens with one attached hydrogen (secondary N) is 1. The van der Waals surface area contributed by atoms with Crippen LogP contribution in [0, 0.1) is 5.92 Å². The van der Waals surface area contributed by atoms with Gasteiger partial charge in [0.05, 0.1) is 13.2 Å². The van der Waals surface area contributed by atoms with Crippen LogP contribution in [-0.4, -0.2) is 50.8 Å². The maximum atomic E-state index is 12.4. The Labute approximate surface area is 145 Å². The summed E-state index contributed by atoms with van der Waals surface area (Å²) in [6, 6.07) is 8.27. The SMILES string of the molecule is CCN(CC)C(CNC(=O)C1CCOCC1)c1cccc(OC)c1. The van der Waals surface area contributed by atoms with E-state index >= 15 is 0 Å². The molecule has 1 aliphatic heterocycles. The Kier molecular flexibility index (Phi) is 7.53. The Bertz CT molecular complexity index is 511. The third-order valence-corrected chi connectivity index (χ3v) is 4.79. The van der Waals surface area contributed by atoms with Gasteiger partial charge in [-0.15, -0.1) is 0 Å². The Morgan fingerprint density at radius 1 is 1.33 bits per heavy atom. The molecule has 1 aromatic carbocycles. The molecule has 0 saturated carbocycles. The van der Waals surface area contributed by atoms with E-state index in [1.165, 1.54) is 5.56 Å². The van der Waals surface area contributed by atoms with Gasteiger partial charge in [-0.2, -0.15) is 0 Å². The number of benzene rings is 1. The lowest BCUT2D eigenvalue weighted by atomic mass is 9.98. The number of amides is 1. The number of likely N-dealkylation sites (N-methyl/N-ethyl adjacent to an activating group) is 1. The van der Waals surface area contributed by atoms with E-state index in [-0.39, 0.29) is 17.9 Å². The second-order valence-electron chi connectivity index (χ2n) is 6.15. The molecule has 5 heteroatoms. The zero-order valence-electron chi connectivity index (χ0n) is 15.1. The van der Waals surface area contributed by atoms with Crippen LogP contribution in [0.1, 0.15) is 38.3 Å². The first-order chi connectivity index (χ1) is 11.7. The Hall–Kier alpha value is -1.59. The molecule has 134 valence electrons. The fourth-order valence-electron chi connectivity index (χ4n) is 3.27. The first-order valence-corrected chi connectivity index (χ1v) is 8.93. The van der Waals surface area contributed by atoms with E-state index in [2.05, 4.69) is 36.2 Å². The van der Waals surface area contributed by atoms with Crippen LogP contribution in [0.15, 0.2) is 24.3 Å². The topological polar surface area (TPSA) is 50.8 Å². The average molecular weight is 334 g/mol. The normalized spacial score (nSPS) is 16.8. The molecule has 0 spiro atoms. The largest absolute Gasteiger partial charge is 0.497 e. The smallest absolute Gasteiger partial charge is 0.223 e. The number of rotatable bonds is 8. The van der Waals surface area contributed by atoms with Crippen LogP contribution >= 0.6 is 0 Å². The minimum Gasteiger partial charge on any atom is -0.497 e. The number of methoxy groups -OCH3 is 1. The molecule has 5 nitrogen and oxygen atoms in total. The number of hydrogen-bond donors (Lipinski definition) is 1. The first-order valence-electron chi connectivity index (χ1n) is 8.93. The van der Waals surface area contributed by atoms with Crippen LogP contribution in [0.2, 0.25) is 0 Å². The third-order valence-electron chi connectivity index (χ3n) is 4.79. The highest BCUT2D eigenvalue weighted by molar-refractivity contribution is 5.78. The van der Waals surface area contributed by atoms with Crippen molar-refractivity contribution in [1.82, 2.24) is 10.2 Å². The lowest BCUT2D eigenvalue weighted by molar-refractivity contribution is -0.128. The number of ether oxygens (including phenoxy) is 2. The van der Waals surface area contributed by atoms with Crippen molar-refractivity contribution in [2.75, 3.05) is 40.0 Å². The summed E-state index contributed by atoms with van der Waals surface area (Å²) < 4.78 is 10.7. The zero-order chi connectivity index (χ0) is 17.4. The van der Waals surface area contributed by atoms with Crippen molar-refractivity contribution in [3.63, 3.8) is 0 Å². The predicted molar refractivity (Wildman–Crippen MR) is 95.2 cm³/mol. The van der Waals surface area contributed by atoms with Gasteiger partial charge in [0.2, 0.25) is 5.91 Å². The monoisotopic (exact) mass is 334 g/mol. The van der Waals surface area contributed by atoms with E-state index in [0.29, 0.717) is 19.8 Å². The molecule has 1 aromatic rings. The van der Waals surface area contributed by atoms with E-state index in [4.69, 9.17) is 9.47 Å². The van der Waals surface area contributed by atoms with Gasteiger partial charge in [-0.25, -0.2) is 0 Å². The first kappa shape index (κ1) is 18.7. The summed E-state index contributed by atoms with van der Waals surface area (Å²) in [4.78, 5) is 14.8. The average Bonchev–Trinajstić information content (AvgIpc) is 2.65. The molecule has 1 saturated heterocycles. The molecule has 1 amide bonds. The second-order valence-corrected chi connectivity index (χ2v) is 6.15. The molecular formula is C19H30N2O3. The minimum absolute atomic E-state index is 0.0846. The Morgan fingerprint density at radius 3 is 2.67 bits per heavy atom. The second kappa shape index (κ2) is 9.64. The molecule has 0 radical (unpaired) electrons. The van der Waals surface area contributed by atoms with Gasteiger partial charge in [0.25, 0.3) is 0 Å². The van der Waals surface area contributed by atoms with Crippen molar-refractivity contribution in [3.05, 3.63) is 29.8 Å².